The third-order valence-electron chi connectivity index (χ3n) is 2.23. The van der Waals surface area contributed by atoms with E-state index in [2.05, 4.69) is 10.3 Å². The minimum Gasteiger partial charge on any atom is -0.385 e. The first-order valence-electron chi connectivity index (χ1n) is 4.56. The van der Waals surface area contributed by atoms with Crippen molar-refractivity contribution in [1.82, 2.24) is 15.0 Å². The van der Waals surface area contributed by atoms with Gasteiger partial charge in [0.25, 0.3) is 0 Å². The zero-order chi connectivity index (χ0) is 10.6. The third kappa shape index (κ3) is 2.17. The Bertz CT molecular complexity index is 309. The van der Waals surface area contributed by atoms with Gasteiger partial charge in [-0.1, -0.05) is 5.21 Å². The standard InChI is InChI=1S/C9H15N3O2/c1-7(4-5-14-3)12-8(2)9(6-13)10-11-12/h6-7H,4-5H2,1-3H3. The van der Waals surface area contributed by atoms with Gasteiger partial charge in [0.1, 0.15) is 5.69 Å². The van der Waals surface area contributed by atoms with Crippen LogP contribution in [-0.2, 0) is 4.74 Å². The van der Waals surface area contributed by atoms with Crippen molar-refractivity contribution < 1.29 is 9.53 Å². The molecule has 1 unspecified atom stereocenters. The normalized spacial score (nSPS) is 12.8. The van der Waals surface area contributed by atoms with Gasteiger partial charge in [-0.3, -0.25) is 4.79 Å². The molecule has 1 heterocycles. The van der Waals surface area contributed by atoms with Crippen molar-refractivity contribution in [3.05, 3.63) is 11.4 Å². The first-order valence-corrected chi connectivity index (χ1v) is 4.56. The molecule has 0 saturated carbocycles. The molecule has 0 aliphatic heterocycles. The molecule has 14 heavy (non-hydrogen) atoms. The largest absolute Gasteiger partial charge is 0.385 e. The molecule has 0 saturated heterocycles. The maximum Gasteiger partial charge on any atom is 0.172 e. The molecular weight excluding hydrogens is 182 g/mol. The van der Waals surface area contributed by atoms with Crippen molar-refractivity contribution in [1.29, 1.82) is 0 Å². The second-order valence-corrected chi connectivity index (χ2v) is 3.25. The minimum atomic E-state index is 0.205. The second kappa shape index (κ2) is 4.85. The van der Waals surface area contributed by atoms with Gasteiger partial charge in [-0.2, -0.15) is 0 Å². The van der Waals surface area contributed by atoms with Crippen molar-refractivity contribution in [2.75, 3.05) is 13.7 Å². The van der Waals surface area contributed by atoms with Crippen LogP contribution < -0.4 is 0 Å². The van der Waals surface area contributed by atoms with E-state index in [1.54, 1.807) is 11.8 Å². The van der Waals surface area contributed by atoms with E-state index in [4.69, 9.17) is 4.74 Å². The number of rotatable bonds is 5. The third-order valence-corrected chi connectivity index (χ3v) is 2.23. The number of carbonyl (C=O) groups excluding carboxylic acids is 1. The van der Waals surface area contributed by atoms with Crippen molar-refractivity contribution in [2.24, 2.45) is 0 Å². The summed E-state index contributed by atoms with van der Waals surface area (Å²) in [5.74, 6) is 0. The second-order valence-electron chi connectivity index (χ2n) is 3.25. The fourth-order valence-electron chi connectivity index (χ4n) is 1.29. The van der Waals surface area contributed by atoms with E-state index in [1.165, 1.54) is 0 Å². The van der Waals surface area contributed by atoms with Gasteiger partial charge in [0.2, 0.25) is 0 Å². The highest BCUT2D eigenvalue weighted by atomic mass is 16.5. The number of hydrogen-bond donors (Lipinski definition) is 0. The van der Waals surface area contributed by atoms with Crippen LogP contribution in [0.2, 0.25) is 0 Å². The average Bonchev–Trinajstić information content (AvgIpc) is 2.56. The van der Waals surface area contributed by atoms with E-state index < -0.39 is 0 Å². The Balaban J connectivity index is 2.74. The van der Waals surface area contributed by atoms with Crippen LogP contribution in [-0.4, -0.2) is 35.0 Å². The van der Waals surface area contributed by atoms with Crippen LogP contribution >= 0.6 is 0 Å². The topological polar surface area (TPSA) is 57.0 Å². The van der Waals surface area contributed by atoms with Gasteiger partial charge in [0.05, 0.1) is 11.7 Å². The van der Waals surface area contributed by atoms with Crippen LogP contribution in [0.15, 0.2) is 0 Å². The molecule has 1 rings (SSSR count). The number of aldehydes is 1. The Morgan fingerprint density at radius 3 is 2.86 bits per heavy atom. The summed E-state index contributed by atoms with van der Waals surface area (Å²) in [6.45, 7) is 4.54. The number of carbonyl (C=O) groups is 1. The summed E-state index contributed by atoms with van der Waals surface area (Å²) in [6, 6.07) is 0.205. The summed E-state index contributed by atoms with van der Waals surface area (Å²) in [5, 5.41) is 7.69. The quantitative estimate of drug-likeness (QED) is 0.661. The lowest BCUT2D eigenvalue weighted by molar-refractivity contribution is 0.111. The Hall–Kier alpha value is -1.23. The highest BCUT2D eigenvalue weighted by molar-refractivity contribution is 5.72. The van der Waals surface area contributed by atoms with Gasteiger partial charge in [0, 0.05) is 13.7 Å². The van der Waals surface area contributed by atoms with Gasteiger partial charge in [-0.25, -0.2) is 4.68 Å². The van der Waals surface area contributed by atoms with Gasteiger partial charge < -0.3 is 4.74 Å². The van der Waals surface area contributed by atoms with E-state index in [1.807, 2.05) is 13.8 Å². The molecule has 0 fully saturated rings. The molecule has 0 spiro atoms. The lowest BCUT2D eigenvalue weighted by Gasteiger charge is -2.12. The maximum absolute atomic E-state index is 10.5. The molecule has 0 N–H and O–H groups in total. The van der Waals surface area contributed by atoms with E-state index in [0.717, 1.165) is 18.4 Å². The molecular formula is C9H15N3O2. The molecule has 0 radical (unpaired) electrons. The Labute approximate surface area is 83.1 Å². The van der Waals surface area contributed by atoms with E-state index in [-0.39, 0.29) is 6.04 Å². The molecule has 0 amide bonds. The van der Waals surface area contributed by atoms with Crippen molar-refractivity contribution in [3.63, 3.8) is 0 Å². The molecule has 1 aromatic heterocycles. The molecule has 0 aromatic carbocycles. The number of aromatic nitrogens is 3. The van der Waals surface area contributed by atoms with E-state index >= 15 is 0 Å². The lowest BCUT2D eigenvalue weighted by atomic mass is 10.2. The summed E-state index contributed by atoms with van der Waals surface area (Å²) in [5.41, 5.74) is 1.22. The molecule has 1 atom stereocenters. The fraction of sp³-hybridized carbons (Fsp3) is 0.667. The molecule has 0 aliphatic rings. The van der Waals surface area contributed by atoms with Crippen LogP contribution in [0.25, 0.3) is 0 Å². The van der Waals surface area contributed by atoms with Gasteiger partial charge in [0.15, 0.2) is 6.29 Å². The summed E-state index contributed by atoms with van der Waals surface area (Å²) in [7, 11) is 1.66. The molecule has 5 nitrogen and oxygen atoms in total. The summed E-state index contributed by atoms with van der Waals surface area (Å²) < 4.78 is 6.73. The van der Waals surface area contributed by atoms with Crippen LogP contribution in [0.1, 0.15) is 35.6 Å². The van der Waals surface area contributed by atoms with Gasteiger partial charge >= 0.3 is 0 Å². The highest BCUT2D eigenvalue weighted by Crippen LogP contribution is 2.12. The Kier molecular flexibility index (Phi) is 3.76. The van der Waals surface area contributed by atoms with E-state index in [9.17, 15) is 4.79 Å². The monoisotopic (exact) mass is 197 g/mol. The fourth-order valence-corrected chi connectivity index (χ4v) is 1.29. The molecule has 1 aromatic rings. The number of methoxy groups -OCH3 is 1. The maximum atomic E-state index is 10.5. The zero-order valence-corrected chi connectivity index (χ0v) is 8.73. The predicted molar refractivity (Wildman–Crippen MR) is 51.4 cm³/mol. The van der Waals surface area contributed by atoms with Gasteiger partial charge in [-0.15, -0.1) is 5.10 Å². The lowest BCUT2D eigenvalue weighted by Crippen LogP contribution is -2.11. The Morgan fingerprint density at radius 2 is 2.36 bits per heavy atom. The van der Waals surface area contributed by atoms with E-state index in [0.29, 0.717) is 12.3 Å². The van der Waals surface area contributed by atoms with Crippen molar-refractivity contribution >= 4 is 6.29 Å². The van der Waals surface area contributed by atoms with Crippen LogP contribution in [0.3, 0.4) is 0 Å². The first-order chi connectivity index (χ1) is 6.70. The number of ether oxygens (including phenoxy) is 1. The molecule has 0 bridgehead atoms. The minimum absolute atomic E-state index is 0.205. The zero-order valence-electron chi connectivity index (χ0n) is 8.73. The molecule has 0 aliphatic carbocycles. The smallest absolute Gasteiger partial charge is 0.172 e. The molecule has 5 heteroatoms. The van der Waals surface area contributed by atoms with Crippen LogP contribution in [0.5, 0.6) is 0 Å². The van der Waals surface area contributed by atoms with Crippen molar-refractivity contribution in [3.8, 4) is 0 Å². The van der Waals surface area contributed by atoms with Crippen LogP contribution in [0, 0.1) is 6.92 Å². The van der Waals surface area contributed by atoms with Gasteiger partial charge in [-0.05, 0) is 20.3 Å². The predicted octanol–water partition coefficient (Wildman–Crippen LogP) is 0.997. The Morgan fingerprint density at radius 1 is 1.64 bits per heavy atom. The van der Waals surface area contributed by atoms with Crippen LogP contribution in [0.4, 0.5) is 0 Å². The molecule has 78 valence electrons. The summed E-state index contributed by atoms with van der Waals surface area (Å²) in [4.78, 5) is 10.5. The number of nitrogens with zero attached hydrogens (tertiary/aromatic N) is 3. The average molecular weight is 197 g/mol. The summed E-state index contributed by atoms with van der Waals surface area (Å²) >= 11 is 0. The van der Waals surface area contributed by atoms with Crippen molar-refractivity contribution in [2.45, 2.75) is 26.3 Å². The number of hydrogen-bond acceptors (Lipinski definition) is 4. The highest BCUT2D eigenvalue weighted by Gasteiger charge is 2.12. The first kappa shape index (κ1) is 10.8. The SMILES string of the molecule is COCCC(C)n1nnc(C=O)c1C. The summed E-state index contributed by atoms with van der Waals surface area (Å²) in [6.07, 6.45) is 1.58.